The van der Waals surface area contributed by atoms with E-state index in [0.717, 1.165) is 18.5 Å². The Bertz CT molecular complexity index is 539. The van der Waals surface area contributed by atoms with Gasteiger partial charge in [-0.15, -0.1) is 0 Å². The van der Waals surface area contributed by atoms with Crippen LogP contribution in [0.4, 0.5) is 0 Å². The van der Waals surface area contributed by atoms with Gasteiger partial charge in [-0.1, -0.05) is 13.3 Å². The van der Waals surface area contributed by atoms with Crippen molar-refractivity contribution in [1.29, 1.82) is 0 Å². The van der Waals surface area contributed by atoms with Crippen LogP contribution in [0.3, 0.4) is 0 Å². The fourth-order valence-corrected chi connectivity index (χ4v) is 2.65. The molecule has 23 heavy (non-hydrogen) atoms. The third kappa shape index (κ3) is 4.82. The summed E-state index contributed by atoms with van der Waals surface area (Å²) in [6.45, 7) is 3.94. The lowest BCUT2D eigenvalue weighted by atomic mass is 10.2. The minimum Gasteiger partial charge on any atom is -0.365 e. The van der Waals surface area contributed by atoms with Crippen LogP contribution in [0.25, 0.3) is 0 Å². The van der Waals surface area contributed by atoms with E-state index >= 15 is 0 Å². The molecule has 2 amide bonds. The Morgan fingerprint density at radius 1 is 1.35 bits per heavy atom. The number of aromatic nitrogens is 1. The molecule has 128 valence electrons. The van der Waals surface area contributed by atoms with Gasteiger partial charge >= 0.3 is 0 Å². The molecule has 1 aromatic heterocycles. The third-order valence-corrected chi connectivity index (χ3v) is 4.14. The highest BCUT2D eigenvalue weighted by Gasteiger charge is 2.25. The average molecular weight is 321 g/mol. The van der Waals surface area contributed by atoms with Crippen LogP contribution in [0.15, 0.2) is 18.3 Å². The van der Waals surface area contributed by atoms with Crippen molar-refractivity contribution in [2.45, 2.75) is 45.4 Å². The van der Waals surface area contributed by atoms with E-state index in [1.165, 1.54) is 4.90 Å². The fraction of sp³-hybridized carbons (Fsp3) is 0.647. The number of carbonyl (C=O) groups is 2. The van der Waals surface area contributed by atoms with E-state index in [9.17, 15) is 9.59 Å². The second kappa shape index (κ2) is 8.15. The maximum Gasteiger partial charge on any atom is 0.248 e. The number of hydrogen-bond donors (Lipinski definition) is 0. The molecule has 1 aliphatic heterocycles. The van der Waals surface area contributed by atoms with Crippen LogP contribution in [0.5, 0.6) is 0 Å². The first-order valence-corrected chi connectivity index (χ1v) is 8.24. The number of amides is 2. The molecule has 0 aromatic carbocycles. The van der Waals surface area contributed by atoms with Crippen molar-refractivity contribution < 1.29 is 14.3 Å². The van der Waals surface area contributed by atoms with Gasteiger partial charge in [0.1, 0.15) is 6.61 Å². The van der Waals surface area contributed by atoms with Gasteiger partial charge in [-0.25, -0.2) is 0 Å². The SMILES string of the molecule is CCCCC(=O)N1Cc2cccn2C[C@H](OCC(=O)N(C)C)C1. The summed E-state index contributed by atoms with van der Waals surface area (Å²) < 4.78 is 7.90. The number of nitrogens with zero attached hydrogens (tertiary/aromatic N) is 3. The summed E-state index contributed by atoms with van der Waals surface area (Å²) in [5.74, 6) is 0.0971. The lowest BCUT2D eigenvalue weighted by molar-refractivity contribution is -0.138. The largest absolute Gasteiger partial charge is 0.365 e. The lowest BCUT2D eigenvalue weighted by Gasteiger charge is -2.24. The molecule has 0 saturated heterocycles. The molecular weight excluding hydrogens is 294 g/mol. The summed E-state index contributed by atoms with van der Waals surface area (Å²) in [6.07, 6.45) is 4.31. The summed E-state index contributed by atoms with van der Waals surface area (Å²) in [6, 6.07) is 4.02. The average Bonchev–Trinajstić information content (AvgIpc) is 2.88. The monoisotopic (exact) mass is 321 g/mol. The van der Waals surface area contributed by atoms with Crippen LogP contribution >= 0.6 is 0 Å². The zero-order chi connectivity index (χ0) is 16.8. The summed E-state index contributed by atoms with van der Waals surface area (Å²) in [5.41, 5.74) is 1.11. The van der Waals surface area contributed by atoms with Crippen LogP contribution in [0.1, 0.15) is 31.9 Å². The number of ether oxygens (including phenoxy) is 1. The number of carbonyl (C=O) groups excluding carboxylic acids is 2. The van der Waals surface area contributed by atoms with Crippen LogP contribution in [-0.4, -0.2) is 59.5 Å². The molecule has 6 heteroatoms. The highest BCUT2D eigenvalue weighted by molar-refractivity contribution is 5.77. The quantitative estimate of drug-likeness (QED) is 0.798. The fourth-order valence-electron chi connectivity index (χ4n) is 2.65. The zero-order valence-electron chi connectivity index (χ0n) is 14.3. The molecule has 6 nitrogen and oxygen atoms in total. The first kappa shape index (κ1) is 17.5. The molecule has 0 fully saturated rings. The highest BCUT2D eigenvalue weighted by atomic mass is 16.5. The molecule has 1 aromatic rings. The van der Waals surface area contributed by atoms with Gasteiger partial charge in [0, 0.05) is 39.0 Å². The topological polar surface area (TPSA) is 54.8 Å². The van der Waals surface area contributed by atoms with Gasteiger partial charge in [-0.05, 0) is 18.6 Å². The normalized spacial score (nSPS) is 17.5. The van der Waals surface area contributed by atoms with Crippen LogP contribution in [0, 0.1) is 0 Å². The maximum atomic E-state index is 12.4. The highest BCUT2D eigenvalue weighted by Crippen LogP contribution is 2.17. The Morgan fingerprint density at radius 3 is 2.83 bits per heavy atom. The van der Waals surface area contributed by atoms with Crippen molar-refractivity contribution in [3.63, 3.8) is 0 Å². The minimum atomic E-state index is -0.168. The van der Waals surface area contributed by atoms with Crippen LogP contribution in [-0.2, 0) is 27.4 Å². The summed E-state index contributed by atoms with van der Waals surface area (Å²) in [5, 5.41) is 0. The molecule has 1 aliphatic rings. The first-order chi connectivity index (χ1) is 11.0. The number of fused-ring (bicyclic) bond motifs is 1. The molecule has 0 bridgehead atoms. The third-order valence-electron chi connectivity index (χ3n) is 4.14. The predicted molar refractivity (Wildman–Crippen MR) is 87.8 cm³/mol. The van der Waals surface area contributed by atoms with E-state index in [4.69, 9.17) is 4.74 Å². The second-order valence-electron chi connectivity index (χ2n) is 6.25. The Kier molecular flexibility index (Phi) is 6.21. The second-order valence-corrected chi connectivity index (χ2v) is 6.25. The van der Waals surface area contributed by atoms with Crippen molar-refractivity contribution in [2.24, 2.45) is 0 Å². The molecule has 0 aliphatic carbocycles. The van der Waals surface area contributed by atoms with Crippen molar-refractivity contribution >= 4 is 11.8 Å². The van der Waals surface area contributed by atoms with Gasteiger partial charge in [0.15, 0.2) is 0 Å². The standard InChI is InChI=1S/C17H27N3O3/c1-4-5-8-16(21)20-10-14-7-6-9-19(14)11-15(12-20)23-13-17(22)18(2)3/h6-7,9,15H,4-5,8,10-13H2,1-3H3/t15-/m0/s1. The Balaban J connectivity index is 2.04. The molecule has 0 unspecified atom stereocenters. The molecule has 1 atom stereocenters. The van der Waals surface area contributed by atoms with Crippen LogP contribution < -0.4 is 0 Å². The van der Waals surface area contributed by atoms with Gasteiger partial charge in [0.2, 0.25) is 11.8 Å². The summed E-state index contributed by atoms with van der Waals surface area (Å²) >= 11 is 0. The molecular formula is C17H27N3O3. The molecule has 0 N–H and O–H groups in total. The van der Waals surface area contributed by atoms with Gasteiger partial charge in [0.05, 0.1) is 19.2 Å². The number of rotatable bonds is 6. The Morgan fingerprint density at radius 2 is 2.13 bits per heavy atom. The summed E-state index contributed by atoms with van der Waals surface area (Å²) in [4.78, 5) is 27.5. The zero-order valence-corrected chi connectivity index (χ0v) is 14.3. The van der Waals surface area contributed by atoms with E-state index in [2.05, 4.69) is 11.5 Å². The van der Waals surface area contributed by atoms with Gasteiger partial charge in [-0.2, -0.15) is 0 Å². The molecule has 0 spiro atoms. The van der Waals surface area contributed by atoms with Gasteiger partial charge < -0.3 is 19.1 Å². The summed E-state index contributed by atoms with van der Waals surface area (Å²) in [7, 11) is 3.42. The van der Waals surface area contributed by atoms with E-state index in [1.54, 1.807) is 14.1 Å². The van der Waals surface area contributed by atoms with E-state index in [-0.39, 0.29) is 24.5 Å². The van der Waals surface area contributed by atoms with E-state index in [0.29, 0.717) is 26.1 Å². The molecule has 0 radical (unpaired) electrons. The van der Waals surface area contributed by atoms with Crippen LogP contribution in [0.2, 0.25) is 0 Å². The smallest absolute Gasteiger partial charge is 0.248 e. The number of likely N-dealkylation sites (N-methyl/N-ethyl adjacent to an activating group) is 1. The number of unbranched alkanes of at least 4 members (excludes halogenated alkanes) is 1. The number of hydrogen-bond acceptors (Lipinski definition) is 3. The van der Waals surface area contributed by atoms with Crippen molar-refractivity contribution in [3.8, 4) is 0 Å². The first-order valence-electron chi connectivity index (χ1n) is 8.24. The maximum absolute atomic E-state index is 12.4. The molecule has 0 saturated carbocycles. The molecule has 2 rings (SSSR count). The Labute approximate surface area is 138 Å². The molecule has 2 heterocycles. The predicted octanol–water partition coefficient (Wildman–Crippen LogP) is 1.49. The van der Waals surface area contributed by atoms with Gasteiger partial charge in [-0.3, -0.25) is 9.59 Å². The Hall–Kier alpha value is -1.82. The van der Waals surface area contributed by atoms with Gasteiger partial charge in [0.25, 0.3) is 0 Å². The van der Waals surface area contributed by atoms with Crippen molar-refractivity contribution in [2.75, 3.05) is 27.2 Å². The van der Waals surface area contributed by atoms with Crippen molar-refractivity contribution in [3.05, 3.63) is 24.0 Å². The van der Waals surface area contributed by atoms with E-state index in [1.807, 2.05) is 23.2 Å². The lowest BCUT2D eigenvalue weighted by Crippen LogP contribution is -2.39. The van der Waals surface area contributed by atoms with Crippen molar-refractivity contribution in [1.82, 2.24) is 14.4 Å². The minimum absolute atomic E-state index is 0.0469. The van der Waals surface area contributed by atoms with E-state index < -0.39 is 0 Å².